The van der Waals surface area contributed by atoms with E-state index in [1.807, 2.05) is 0 Å². The number of imidazole rings is 1. The Kier molecular flexibility index (Phi) is 5.52. The zero-order chi connectivity index (χ0) is 20.6. The predicted molar refractivity (Wildman–Crippen MR) is 119 cm³/mol. The molecule has 28 heavy (non-hydrogen) atoms. The van der Waals surface area contributed by atoms with Gasteiger partial charge in [0.1, 0.15) is 17.6 Å². The molecule has 0 saturated carbocycles. The molecule has 3 aromatic rings. The van der Waals surface area contributed by atoms with E-state index in [4.69, 9.17) is 0 Å². The van der Waals surface area contributed by atoms with Gasteiger partial charge in [-0.3, -0.25) is 0 Å². The normalized spacial score (nSPS) is 12.2. The van der Waals surface area contributed by atoms with Crippen LogP contribution in [0.2, 0.25) is 0 Å². The van der Waals surface area contributed by atoms with Gasteiger partial charge in [-0.15, -0.1) is 0 Å². The lowest BCUT2D eigenvalue weighted by atomic mass is 9.91. The third-order valence-electron chi connectivity index (χ3n) is 5.54. The average molecular weight is 376 g/mol. The number of aromatic nitrogens is 2. The molecule has 0 unspecified atom stereocenters. The maximum Gasteiger partial charge on any atom is 0.294 e. The summed E-state index contributed by atoms with van der Waals surface area (Å²) in [4.78, 5) is 0. The van der Waals surface area contributed by atoms with Crippen molar-refractivity contribution in [1.82, 2.24) is 4.57 Å². The molecule has 0 fully saturated rings. The van der Waals surface area contributed by atoms with Crippen LogP contribution in [-0.4, -0.2) is 4.57 Å². The van der Waals surface area contributed by atoms with Crippen molar-refractivity contribution in [3.8, 4) is 17.1 Å². The average Bonchev–Trinajstić information content (AvgIpc) is 2.98. The molecule has 0 N–H and O–H groups in total. The maximum absolute atomic E-state index is 2.45. The minimum Gasteiger partial charge on any atom is -0.229 e. The Morgan fingerprint density at radius 2 is 1.32 bits per heavy atom. The van der Waals surface area contributed by atoms with Crippen LogP contribution in [0.25, 0.3) is 17.1 Å². The van der Waals surface area contributed by atoms with Gasteiger partial charge in [-0.05, 0) is 24.0 Å². The first-order valence-corrected chi connectivity index (χ1v) is 10.4. The zero-order valence-electron chi connectivity index (χ0n) is 18.7. The van der Waals surface area contributed by atoms with Crippen LogP contribution in [-0.2, 0) is 12.5 Å². The summed E-state index contributed by atoms with van der Waals surface area (Å²) in [6.45, 7) is 16.0. The summed E-state index contributed by atoms with van der Waals surface area (Å²) in [6, 6.07) is 17.6. The minimum atomic E-state index is 0.0638. The Hall–Kier alpha value is -2.35. The molecular weight excluding hydrogens is 340 g/mol. The van der Waals surface area contributed by atoms with Crippen molar-refractivity contribution < 1.29 is 4.57 Å². The highest BCUT2D eigenvalue weighted by Gasteiger charge is 2.33. The topological polar surface area (TPSA) is 8.81 Å². The minimum absolute atomic E-state index is 0.0638. The molecule has 0 spiro atoms. The summed E-state index contributed by atoms with van der Waals surface area (Å²) in [6.07, 6.45) is 2.36. The van der Waals surface area contributed by atoms with E-state index in [-0.39, 0.29) is 5.41 Å². The van der Waals surface area contributed by atoms with Crippen LogP contribution in [0.15, 0.2) is 54.7 Å². The zero-order valence-corrected chi connectivity index (χ0v) is 18.7. The molecule has 0 aliphatic rings. The number of benzene rings is 2. The van der Waals surface area contributed by atoms with Gasteiger partial charge in [-0.1, -0.05) is 84.9 Å². The molecule has 0 amide bonds. The lowest BCUT2D eigenvalue weighted by Crippen LogP contribution is -2.35. The molecule has 3 rings (SSSR count). The molecule has 2 aromatic carbocycles. The summed E-state index contributed by atoms with van der Waals surface area (Å²) in [5.74, 6) is 2.16. The first-order chi connectivity index (χ1) is 13.1. The molecule has 0 atom stereocenters. The quantitative estimate of drug-likeness (QED) is 0.459. The second kappa shape index (κ2) is 7.58. The van der Waals surface area contributed by atoms with Gasteiger partial charge in [-0.2, -0.15) is 4.57 Å². The Balaban J connectivity index is 2.44. The van der Waals surface area contributed by atoms with Crippen LogP contribution in [0.4, 0.5) is 0 Å². The van der Waals surface area contributed by atoms with Crippen LogP contribution in [0.1, 0.15) is 77.1 Å². The smallest absolute Gasteiger partial charge is 0.229 e. The molecule has 0 saturated heterocycles. The summed E-state index contributed by atoms with van der Waals surface area (Å²) in [5.41, 5.74) is 6.79. The number of nitrogens with zero attached hydrogens (tertiary/aromatic N) is 2. The SMILES string of the molecule is CC(C)c1cccc(C(C)C)c1-[n+]1cc(C(C)(C)C)n(C)c1-c1ccccc1. The van der Waals surface area contributed by atoms with Gasteiger partial charge in [0.2, 0.25) is 0 Å². The first kappa shape index (κ1) is 20.4. The largest absolute Gasteiger partial charge is 0.294 e. The van der Waals surface area contributed by atoms with Gasteiger partial charge >= 0.3 is 0 Å². The van der Waals surface area contributed by atoms with E-state index in [0.717, 1.165) is 0 Å². The second-order valence-corrected chi connectivity index (χ2v) is 9.48. The number of para-hydroxylation sites is 1. The standard InChI is InChI=1S/C26H35N2/c1-18(2)21-15-12-16-22(19(3)4)24(21)28-17-23(26(5,6)7)27(8)25(28)20-13-10-9-11-14-20/h9-19H,1-8H3/q+1. The van der Waals surface area contributed by atoms with Gasteiger partial charge in [0.25, 0.3) is 5.82 Å². The fourth-order valence-corrected chi connectivity index (χ4v) is 4.12. The fraction of sp³-hybridized carbons (Fsp3) is 0.423. The summed E-state index contributed by atoms with van der Waals surface area (Å²) in [7, 11) is 2.20. The van der Waals surface area contributed by atoms with Crippen LogP contribution in [0, 0.1) is 0 Å². The van der Waals surface area contributed by atoms with Crippen molar-refractivity contribution in [3.05, 3.63) is 71.5 Å². The molecule has 0 radical (unpaired) electrons. The molecular formula is C26H35N2+. The van der Waals surface area contributed by atoms with Crippen molar-refractivity contribution in [2.45, 2.75) is 65.7 Å². The van der Waals surface area contributed by atoms with Gasteiger partial charge in [0.15, 0.2) is 0 Å². The van der Waals surface area contributed by atoms with Crippen LogP contribution < -0.4 is 4.57 Å². The monoisotopic (exact) mass is 375 g/mol. The number of hydrogen-bond donors (Lipinski definition) is 0. The summed E-state index contributed by atoms with van der Waals surface area (Å²) < 4.78 is 4.82. The molecule has 0 aliphatic carbocycles. The molecule has 0 bridgehead atoms. The Morgan fingerprint density at radius 3 is 1.79 bits per heavy atom. The Bertz CT molecular complexity index is 928. The van der Waals surface area contributed by atoms with Crippen molar-refractivity contribution in [1.29, 1.82) is 0 Å². The lowest BCUT2D eigenvalue weighted by Gasteiger charge is -2.17. The molecule has 1 aromatic heterocycles. The van der Waals surface area contributed by atoms with E-state index in [1.54, 1.807) is 0 Å². The third-order valence-corrected chi connectivity index (χ3v) is 5.54. The molecule has 0 aliphatic heterocycles. The summed E-state index contributed by atoms with van der Waals surface area (Å²) in [5, 5.41) is 0. The molecule has 148 valence electrons. The highest BCUT2D eigenvalue weighted by atomic mass is 15.2. The van der Waals surface area contributed by atoms with E-state index in [1.165, 1.54) is 33.9 Å². The van der Waals surface area contributed by atoms with Gasteiger partial charge in [0, 0.05) is 16.5 Å². The molecule has 1 heterocycles. The predicted octanol–water partition coefficient (Wildman–Crippen LogP) is 6.51. The van der Waals surface area contributed by atoms with E-state index in [0.29, 0.717) is 11.8 Å². The molecule has 2 heteroatoms. The van der Waals surface area contributed by atoms with Crippen LogP contribution >= 0.6 is 0 Å². The van der Waals surface area contributed by atoms with Crippen LogP contribution in [0.5, 0.6) is 0 Å². The van der Waals surface area contributed by atoms with Gasteiger partial charge in [0.05, 0.1) is 12.6 Å². The first-order valence-electron chi connectivity index (χ1n) is 10.4. The highest BCUT2D eigenvalue weighted by molar-refractivity contribution is 5.56. The van der Waals surface area contributed by atoms with E-state index < -0.39 is 0 Å². The lowest BCUT2D eigenvalue weighted by molar-refractivity contribution is -0.584. The molecule has 2 nitrogen and oxygen atoms in total. The van der Waals surface area contributed by atoms with Gasteiger partial charge in [-0.25, -0.2) is 4.57 Å². The van der Waals surface area contributed by atoms with E-state index in [2.05, 4.69) is 119 Å². The Labute approximate surface area is 170 Å². The number of rotatable bonds is 4. The van der Waals surface area contributed by atoms with Crippen LogP contribution in [0.3, 0.4) is 0 Å². The van der Waals surface area contributed by atoms with Crippen molar-refractivity contribution >= 4 is 0 Å². The maximum atomic E-state index is 2.45. The van der Waals surface area contributed by atoms with Crippen molar-refractivity contribution in [2.75, 3.05) is 0 Å². The Morgan fingerprint density at radius 1 is 0.786 bits per heavy atom. The fourth-order valence-electron chi connectivity index (χ4n) is 4.12. The van der Waals surface area contributed by atoms with E-state index in [9.17, 15) is 0 Å². The van der Waals surface area contributed by atoms with Crippen molar-refractivity contribution in [3.63, 3.8) is 0 Å². The van der Waals surface area contributed by atoms with E-state index >= 15 is 0 Å². The second-order valence-electron chi connectivity index (χ2n) is 9.48. The number of hydrogen-bond acceptors (Lipinski definition) is 0. The highest BCUT2D eigenvalue weighted by Crippen LogP contribution is 2.32. The third kappa shape index (κ3) is 3.65. The van der Waals surface area contributed by atoms with Crippen molar-refractivity contribution in [2.24, 2.45) is 7.05 Å². The summed E-state index contributed by atoms with van der Waals surface area (Å²) >= 11 is 0. The van der Waals surface area contributed by atoms with Gasteiger partial charge < -0.3 is 0 Å².